The van der Waals surface area contributed by atoms with Gasteiger partial charge in [-0.15, -0.1) is 0 Å². The van der Waals surface area contributed by atoms with Gasteiger partial charge in [0, 0.05) is 5.54 Å². The van der Waals surface area contributed by atoms with Gasteiger partial charge in [-0.3, -0.25) is 0 Å². The Morgan fingerprint density at radius 3 is 3.00 bits per heavy atom. The Labute approximate surface area is 94.7 Å². The second kappa shape index (κ2) is 5.44. The molecule has 0 aromatic heterocycles. The molecule has 0 saturated heterocycles. The molecule has 0 N–H and O–H groups in total. The van der Waals surface area contributed by atoms with Gasteiger partial charge < -0.3 is 4.74 Å². The third kappa shape index (κ3) is 3.15. The van der Waals surface area contributed by atoms with Gasteiger partial charge in [0.05, 0.1) is 3.57 Å². The molecule has 1 aromatic carbocycles. The smallest absolute Gasteiger partial charge is 0.140 e. The first-order chi connectivity index (χ1) is 6.25. The first-order valence-corrected chi connectivity index (χ1v) is 5.09. The predicted molar refractivity (Wildman–Crippen MR) is 59.6 cm³/mol. The van der Waals surface area contributed by atoms with Crippen molar-refractivity contribution in [2.75, 3.05) is 6.61 Å². The molecule has 1 aromatic rings. The van der Waals surface area contributed by atoms with E-state index in [-0.39, 0.29) is 5.82 Å². The predicted octanol–water partition coefficient (Wildman–Crippen LogP) is 3.56. The van der Waals surface area contributed by atoms with Crippen molar-refractivity contribution >= 4 is 34.2 Å². The summed E-state index contributed by atoms with van der Waals surface area (Å²) < 4.78 is 18.7. The van der Waals surface area contributed by atoms with Crippen LogP contribution in [-0.2, 0) is 0 Å². The number of rotatable bonds is 3. The Bertz CT molecular complexity index is 314. The molecule has 1 nitrogen and oxygen atoms in total. The molecule has 0 radical (unpaired) electrons. The highest BCUT2D eigenvalue weighted by atomic mass is 127. The minimum absolute atomic E-state index is 0.270. The van der Waals surface area contributed by atoms with Crippen molar-refractivity contribution in [3.8, 4) is 5.75 Å². The lowest BCUT2D eigenvalue weighted by atomic mass is 10.3. The minimum atomic E-state index is -0.270. The summed E-state index contributed by atoms with van der Waals surface area (Å²) in [4.78, 5) is 0. The molecule has 0 unspecified atom stereocenters. The molecule has 1 rings (SSSR count). The van der Waals surface area contributed by atoms with Gasteiger partial charge in [-0.05, 0) is 40.8 Å². The van der Waals surface area contributed by atoms with Crippen LogP contribution in [0.25, 0.3) is 0 Å². The van der Waals surface area contributed by atoms with Gasteiger partial charge in [0.15, 0.2) is 0 Å². The highest BCUT2D eigenvalue weighted by Crippen LogP contribution is 2.22. The maximum absolute atomic E-state index is 13.0. The van der Waals surface area contributed by atoms with Gasteiger partial charge in [0.2, 0.25) is 0 Å². The fourth-order valence-corrected chi connectivity index (χ4v) is 1.36. The summed E-state index contributed by atoms with van der Waals surface area (Å²) in [6.07, 6.45) is 1.64. The zero-order valence-corrected chi connectivity index (χ0v) is 9.55. The lowest BCUT2D eigenvalue weighted by molar-refractivity contribution is 0.357. The maximum atomic E-state index is 13.0. The molecule has 0 bridgehead atoms. The van der Waals surface area contributed by atoms with Crippen LogP contribution in [0.4, 0.5) is 4.39 Å². The molecule has 0 atom stereocenters. The van der Waals surface area contributed by atoms with Gasteiger partial charge in [0.25, 0.3) is 0 Å². The average molecular weight is 313 g/mol. The highest BCUT2D eigenvalue weighted by Gasteiger charge is 2.04. The summed E-state index contributed by atoms with van der Waals surface area (Å²) in [6.45, 7) is 0.350. The normalized spacial score (nSPS) is 10.7. The maximum Gasteiger partial charge on any atom is 0.140 e. The number of halogens is 3. The summed E-state index contributed by atoms with van der Waals surface area (Å²) in [6, 6.07) is 4.72. The van der Waals surface area contributed by atoms with E-state index in [1.54, 1.807) is 18.2 Å². The molecule has 0 spiro atoms. The Kier molecular flexibility index (Phi) is 4.52. The first-order valence-electron chi connectivity index (χ1n) is 3.57. The van der Waals surface area contributed by atoms with Crippen LogP contribution in [0.15, 0.2) is 29.8 Å². The Hall–Kier alpha value is -0.290. The summed E-state index contributed by atoms with van der Waals surface area (Å²) in [5, 5.41) is 0. The van der Waals surface area contributed by atoms with E-state index in [0.29, 0.717) is 15.9 Å². The summed E-state index contributed by atoms with van der Waals surface area (Å²) in [7, 11) is 0. The quantitative estimate of drug-likeness (QED) is 0.776. The van der Waals surface area contributed by atoms with E-state index in [9.17, 15) is 4.39 Å². The fourth-order valence-electron chi connectivity index (χ4n) is 0.770. The van der Waals surface area contributed by atoms with Gasteiger partial charge in [-0.2, -0.15) is 0 Å². The van der Waals surface area contributed by atoms with Crippen LogP contribution >= 0.6 is 34.2 Å². The molecular formula is C9H7ClFIO. The van der Waals surface area contributed by atoms with Gasteiger partial charge >= 0.3 is 0 Å². The third-order valence-electron chi connectivity index (χ3n) is 1.34. The molecule has 0 heterocycles. The van der Waals surface area contributed by atoms with Crippen molar-refractivity contribution in [3.63, 3.8) is 0 Å². The Balaban J connectivity index is 2.71. The largest absolute Gasteiger partial charge is 0.488 e. The zero-order valence-electron chi connectivity index (χ0n) is 6.64. The van der Waals surface area contributed by atoms with Crippen LogP contribution in [0.2, 0.25) is 0 Å². The summed E-state index contributed by atoms with van der Waals surface area (Å²) in [5.41, 5.74) is 1.37. The van der Waals surface area contributed by atoms with Crippen LogP contribution in [-0.4, -0.2) is 6.61 Å². The van der Waals surface area contributed by atoms with Gasteiger partial charge in [-0.25, -0.2) is 4.39 Å². The highest BCUT2D eigenvalue weighted by molar-refractivity contribution is 14.1. The van der Waals surface area contributed by atoms with Crippen molar-refractivity contribution in [1.82, 2.24) is 0 Å². The van der Waals surface area contributed by atoms with Crippen LogP contribution in [0.3, 0.4) is 0 Å². The van der Waals surface area contributed by atoms with Crippen molar-refractivity contribution in [3.05, 3.63) is 39.2 Å². The standard InChI is InChI=1S/C9H7ClFIO/c10-5-2-6-13-8-4-1-3-7(11)9(8)12/h1-5H,6H2/b5-2+. The van der Waals surface area contributed by atoms with Crippen molar-refractivity contribution in [1.29, 1.82) is 0 Å². The molecule has 0 aliphatic carbocycles. The first kappa shape index (κ1) is 10.8. The number of hydrogen-bond donors (Lipinski definition) is 0. The lowest BCUT2D eigenvalue weighted by Gasteiger charge is -2.05. The number of hydrogen-bond acceptors (Lipinski definition) is 1. The lowest BCUT2D eigenvalue weighted by Crippen LogP contribution is -1.96. The summed E-state index contributed by atoms with van der Waals surface area (Å²) in [5.74, 6) is 0.267. The number of ether oxygens (including phenoxy) is 1. The van der Waals surface area contributed by atoms with E-state index < -0.39 is 0 Å². The molecule has 0 amide bonds. The average Bonchev–Trinajstić information content (AvgIpc) is 2.13. The molecule has 70 valence electrons. The summed E-state index contributed by atoms with van der Waals surface area (Å²) >= 11 is 7.20. The second-order valence-corrected chi connectivity index (χ2v) is 3.56. The molecule has 0 fully saturated rings. The van der Waals surface area contributed by atoms with Crippen molar-refractivity contribution in [2.45, 2.75) is 0 Å². The van der Waals surface area contributed by atoms with Gasteiger partial charge in [-0.1, -0.05) is 17.7 Å². The van der Waals surface area contributed by atoms with Crippen LogP contribution in [0.5, 0.6) is 5.75 Å². The van der Waals surface area contributed by atoms with Crippen LogP contribution in [0.1, 0.15) is 0 Å². The van der Waals surface area contributed by atoms with E-state index in [0.717, 1.165) is 0 Å². The topological polar surface area (TPSA) is 9.23 Å². The minimum Gasteiger partial charge on any atom is -0.488 e. The number of benzene rings is 1. The Morgan fingerprint density at radius 2 is 2.31 bits per heavy atom. The molecule has 0 aliphatic heterocycles. The Morgan fingerprint density at radius 1 is 1.54 bits per heavy atom. The fraction of sp³-hybridized carbons (Fsp3) is 0.111. The van der Waals surface area contributed by atoms with Crippen molar-refractivity contribution in [2.24, 2.45) is 0 Å². The molecule has 4 heteroatoms. The molecular weight excluding hydrogens is 305 g/mol. The van der Waals surface area contributed by atoms with Gasteiger partial charge in [0.1, 0.15) is 18.2 Å². The SMILES string of the molecule is Fc1cccc(OC/C=C/Cl)c1I. The second-order valence-electron chi connectivity index (χ2n) is 2.22. The van der Waals surface area contributed by atoms with Crippen LogP contribution in [0, 0.1) is 9.39 Å². The van der Waals surface area contributed by atoms with E-state index in [2.05, 4.69) is 0 Å². The van der Waals surface area contributed by atoms with Crippen LogP contribution < -0.4 is 4.74 Å². The third-order valence-corrected chi connectivity index (χ3v) is 2.57. The molecule has 13 heavy (non-hydrogen) atoms. The van der Waals surface area contributed by atoms with E-state index in [4.69, 9.17) is 16.3 Å². The molecule has 0 saturated carbocycles. The zero-order chi connectivity index (χ0) is 9.68. The van der Waals surface area contributed by atoms with E-state index >= 15 is 0 Å². The van der Waals surface area contributed by atoms with Crippen molar-refractivity contribution < 1.29 is 9.13 Å². The van der Waals surface area contributed by atoms with E-state index in [1.165, 1.54) is 11.6 Å². The monoisotopic (exact) mass is 312 g/mol. The molecule has 0 aliphatic rings. The van der Waals surface area contributed by atoms with E-state index in [1.807, 2.05) is 22.6 Å².